The van der Waals surface area contributed by atoms with Gasteiger partial charge in [0.1, 0.15) is 0 Å². The van der Waals surface area contributed by atoms with E-state index in [2.05, 4.69) is 4.89 Å². The van der Waals surface area contributed by atoms with E-state index in [1.807, 2.05) is 0 Å². The van der Waals surface area contributed by atoms with Crippen molar-refractivity contribution in [2.75, 3.05) is 0 Å². The maximum atomic E-state index is 10.7. The number of carboxylic acids is 3. The second-order valence-electron chi connectivity index (χ2n) is 2.85. The number of aliphatic hydroxyl groups excluding tert-OH is 1. The van der Waals surface area contributed by atoms with E-state index in [9.17, 15) is 14.4 Å². The van der Waals surface area contributed by atoms with E-state index in [1.165, 1.54) is 0 Å². The van der Waals surface area contributed by atoms with Gasteiger partial charge in [0.05, 0.1) is 0 Å². The molecule has 17 heavy (non-hydrogen) atoms. The summed E-state index contributed by atoms with van der Waals surface area (Å²) in [6.45, 7) is 0. The SMILES string of the molecule is O=C(O)C(O)C(OO)(C(=O)O)C(O)(O)C(=O)O. The largest absolute Gasteiger partial charge is 0.479 e. The van der Waals surface area contributed by atoms with Crippen LogP contribution >= 0.6 is 0 Å². The first kappa shape index (κ1) is 15.2. The number of carboxylic acid groups (broad SMARTS) is 3. The Kier molecular flexibility index (Phi) is 4.12. The van der Waals surface area contributed by atoms with E-state index in [0.717, 1.165) is 0 Å². The molecule has 0 heterocycles. The van der Waals surface area contributed by atoms with E-state index in [0.29, 0.717) is 0 Å². The molecule has 0 amide bonds. The lowest BCUT2D eigenvalue weighted by atomic mass is 9.86. The van der Waals surface area contributed by atoms with Gasteiger partial charge in [-0.2, -0.15) is 0 Å². The molecule has 0 rings (SSSR count). The van der Waals surface area contributed by atoms with Crippen molar-refractivity contribution < 1.29 is 55.2 Å². The Morgan fingerprint density at radius 2 is 1.41 bits per heavy atom. The average molecular weight is 256 g/mol. The molecular weight excluding hydrogens is 248 g/mol. The van der Waals surface area contributed by atoms with Crippen LogP contribution in [0, 0.1) is 0 Å². The van der Waals surface area contributed by atoms with E-state index < -0.39 is 35.4 Å². The molecular formula is C6H8O11. The van der Waals surface area contributed by atoms with Crippen LogP contribution in [0.25, 0.3) is 0 Å². The fourth-order valence-electron chi connectivity index (χ4n) is 0.942. The molecule has 2 atom stereocenters. The van der Waals surface area contributed by atoms with Crippen LogP contribution in [0.1, 0.15) is 0 Å². The molecule has 0 aliphatic heterocycles. The quantitative estimate of drug-likeness (QED) is 0.141. The number of carbonyl (C=O) groups is 3. The molecule has 0 saturated heterocycles. The van der Waals surface area contributed by atoms with Crippen molar-refractivity contribution >= 4 is 17.9 Å². The molecule has 0 aromatic rings. The molecule has 7 N–H and O–H groups in total. The van der Waals surface area contributed by atoms with Crippen molar-refractivity contribution in [3.05, 3.63) is 0 Å². The number of aliphatic carboxylic acids is 3. The lowest BCUT2D eigenvalue weighted by Crippen LogP contribution is -2.72. The first-order valence-electron chi connectivity index (χ1n) is 3.70. The molecule has 0 aromatic carbocycles. The van der Waals surface area contributed by atoms with Crippen molar-refractivity contribution in [2.24, 2.45) is 0 Å². The predicted octanol–water partition coefficient (Wildman–Crippen LogP) is -3.49. The lowest BCUT2D eigenvalue weighted by Gasteiger charge is -2.35. The maximum Gasteiger partial charge on any atom is 0.368 e. The Morgan fingerprint density at radius 3 is 1.59 bits per heavy atom. The monoisotopic (exact) mass is 256 g/mol. The molecule has 11 nitrogen and oxygen atoms in total. The fourth-order valence-corrected chi connectivity index (χ4v) is 0.942. The third-order valence-corrected chi connectivity index (χ3v) is 1.90. The van der Waals surface area contributed by atoms with Crippen LogP contribution in [-0.4, -0.2) is 71.3 Å². The average Bonchev–Trinajstić information content (AvgIpc) is 2.17. The fraction of sp³-hybridized carbons (Fsp3) is 0.500. The minimum atomic E-state index is -4.40. The Hall–Kier alpha value is -1.79. The highest BCUT2D eigenvalue weighted by Gasteiger charge is 2.70. The second-order valence-corrected chi connectivity index (χ2v) is 2.85. The van der Waals surface area contributed by atoms with Gasteiger partial charge in [-0.15, -0.1) is 0 Å². The molecule has 0 bridgehead atoms. The van der Waals surface area contributed by atoms with Crippen LogP contribution in [0.5, 0.6) is 0 Å². The Balaban J connectivity index is 5.95. The van der Waals surface area contributed by atoms with Crippen LogP contribution < -0.4 is 0 Å². The number of rotatable bonds is 6. The molecule has 0 spiro atoms. The van der Waals surface area contributed by atoms with Crippen molar-refractivity contribution in [2.45, 2.75) is 17.5 Å². The number of aliphatic hydroxyl groups is 3. The van der Waals surface area contributed by atoms with Gasteiger partial charge >= 0.3 is 23.7 Å². The minimum absolute atomic E-state index is 2.37. The van der Waals surface area contributed by atoms with Crippen LogP contribution in [-0.2, 0) is 19.3 Å². The minimum Gasteiger partial charge on any atom is -0.479 e. The summed E-state index contributed by atoms with van der Waals surface area (Å²) in [5.74, 6) is -12.0. The molecule has 98 valence electrons. The van der Waals surface area contributed by atoms with Crippen molar-refractivity contribution in [1.82, 2.24) is 0 Å². The molecule has 0 aromatic heterocycles. The van der Waals surface area contributed by atoms with E-state index >= 15 is 0 Å². The van der Waals surface area contributed by atoms with Crippen LogP contribution in [0.2, 0.25) is 0 Å². The molecule has 0 aliphatic carbocycles. The van der Waals surface area contributed by atoms with E-state index in [1.54, 1.807) is 0 Å². The molecule has 11 heteroatoms. The zero-order valence-corrected chi connectivity index (χ0v) is 7.84. The van der Waals surface area contributed by atoms with Crippen LogP contribution in [0.15, 0.2) is 0 Å². The van der Waals surface area contributed by atoms with Gasteiger partial charge in [0.2, 0.25) is 6.10 Å². The second kappa shape index (κ2) is 4.60. The van der Waals surface area contributed by atoms with Gasteiger partial charge in [-0.3, -0.25) is 5.26 Å². The van der Waals surface area contributed by atoms with Gasteiger partial charge in [0, 0.05) is 0 Å². The maximum absolute atomic E-state index is 10.7. The number of hydrogen-bond acceptors (Lipinski definition) is 8. The zero-order chi connectivity index (χ0) is 14.0. The number of hydrogen-bond donors (Lipinski definition) is 7. The summed E-state index contributed by atoms with van der Waals surface area (Å²) in [4.78, 5) is 34.5. The predicted molar refractivity (Wildman–Crippen MR) is 42.5 cm³/mol. The summed E-state index contributed by atoms with van der Waals surface area (Å²) in [7, 11) is 0. The summed E-state index contributed by atoms with van der Waals surface area (Å²) >= 11 is 0. The van der Waals surface area contributed by atoms with Gasteiger partial charge in [-0.25, -0.2) is 19.3 Å². The van der Waals surface area contributed by atoms with Gasteiger partial charge in [-0.1, -0.05) is 0 Å². The van der Waals surface area contributed by atoms with Crippen molar-refractivity contribution in [1.29, 1.82) is 0 Å². The third-order valence-electron chi connectivity index (χ3n) is 1.90. The van der Waals surface area contributed by atoms with Gasteiger partial charge in [-0.05, 0) is 0 Å². The van der Waals surface area contributed by atoms with E-state index in [-0.39, 0.29) is 0 Å². The van der Waals surface area contributed by atoms with Crippen molar-refractivity contribution in [3.8, 4) is 0 Å². The first-order valence-corrected chi connectivity index (χ1v) is 3.70. The standard InChI is InChI=1S/C6H8O11/c7-1(2(8)9)5(17-16,3(10)11)6(14,15)4(12)13/h1,7,14-16H,(H,8,9)(H,10,11)(H,12,13). The van der Waals surface area contributed by atoms with E-state index in [4.69, 9.17) is 35.9 Å². The summed E-state index contributed by atoms with van der Waals surface area (Å²) < 4.78 is 0. The normalized spacial score (nSPS) is 16.9. The molecule has 2 unspecified atom stereocenters. The lowest BCUT2D eigenvalue weighted by molar-refractivity contribution is -0.399. The van der Waals surface area contributed by atoms with Crippen LogP contribution in [0.3, 0.4) is 0 Å². The molecule has 0 aliphatic rings. The molecule has 0 saturated carbocycles. The summed E-state index contributed by atoms with van der Waals surface area (Å²) in [6.07, 6.45) is -3.27. The van der Waals surface area contributed by atoms with Gasteiger partial charge in [0.15, 0.2) is 0 Å². The van der Waals surface area contributed by atoms with Gasteiger partial charge < -0.3 is 30.6 Å². The molecule has 0 radical (unpaired) electrons. The van der Waals surface area contributed by atoms with Gasteiger partial charge in [0.25, 0.3) is 5.60 Å². The smallest absolute Gasteiger partial charge is 0.368 e. The van der Waals surface area contributed by atoms with Crippen molar-refractivity contribution in [3.63, 3.8) is 0 Å². The zero-order valence-electron chi connectivity index (χ0n) is 7.84. The highest BCUT2D eigenvalue weighted by atomic mass is 17.1. The Morgan fingerprint density at radius 1 is 1.00 bits per heavy atom. The first-order chi connectivity index (χ1) is 7.55. The summed E-state index contributed by atoms with van der Waals surface area (Å²) in [5.41, 5.74) is -4.12. The highest BCUT2D eigenvalue weighted by molar-refractivity contribution is 5.94. The topological polar surface area (TPSA) is 202 Å². The third kappa shape index (κ3) is 2.04. The summed E-state index contributed by atoms with van der Waals surface area (Å²) in [6, 6.07) is 0. The highest BCUT2D eigenvalue weighted by Crippen LogP contribution is 2.29. The Labute approximate surface area is 91.7 Å². The summed E-state index contributed by atoms with van der Waals surface area (Å²) in [5, 5.41) is 60.3. The Bertz CT molecular complexity index is 346. The molecule has 0 fully saturated rings. The van der Waals surface area contributed by atoms with Crippen LogP contribution in [0.4, 0.5) is 0 Å².